The molecule has 5 aromatic rings. The van der Waals surface area contributed by atoms with Crippen LogP contribution in [0.15, 0.2) is 103 Å². The first-order valence-electron chi connectivity index (χ1n) is 10.6. The van der Waals surface area contributed by atoms with Crippen molar-refractivity contribution in [3.8, 4) is 22.6 Å². The topological polar surface area (TPSA) is 44.2 Å². The summed E-state index contributed by atoms with van der Waals surface area (Å²) in [5, 5.41) is 2.06. The molecule has 0 N–H and O–H groups in total. The monoisotopic (exact) mass is 594 g/mol. The molecule has 0 aliphatic carbocycles. The number of nitrogens with zero attached hydrogens (tertiary/aromatic N) is 4. The number of benzene rings is 3. The molecular formula is C26H20Br2N4OS. The van der Waals surface area contributed by atoms with Crippen molar-refractivity contribution in [1.82, 2.24) is 13.9 Å². The Morgan fingerprint density at radius 2 is 1.47 bits per heavy atom. The molecule has 2 aromatic heterocycles. The van der Waals surface area contributed by atoms with Crippen molar-refractivity contribution in [2.45, 2.75) is 6.92 Å². The van der Waals surface area contributed by atoms with Crippen LogP contribution in [-0.2, 0) is 7.05 Å². The number of hydrogen-bond acceptors (Lipinski definition) is 3. The Kier molecular flexibility index (Phi) is 6.29. The summed E-state index contributed by atoms with van der Waals surface area (Å²) in [6, 6.07) is 25.6. The summed E-state index contributed by atoms with van der Waals surface area (Å²) in [5.74, 6) is 0. The molecule has 170 valence electrons. The minimum Gasteiger partial charge on any atom is -0.283 e. The highest BCUT2D eigenvalue weighted by Gasteiger charge is 2.22. The number of halogens is 2. The minimum absolute atomic E-state index is 0.0970. The van der Waals surface area contributed by atoms with Gasteiger partial charge in [-0.15, -0.1) is 11.3 Å². The maximum Gasteiger partial charge on any atom is 0.296 e. The highest BCUT2D eigenvalue weighted by molar-refractivity contribution is 9.10. The van der Waals surface area contributed by atoms with Gasteiger partial charge >= 0.3 is 0 Å². The van der Waals surface area contributed by atoms with E-state index in [9.17, 15) is 4.79 Å². The zero-order valence-corrected chi connectivity index (χ0v) is 22.4. The number of rotatable bonds is 4. The SMILES string of the molecule is Cc1c(-n2c(-c3ccc(Br)cc3)csc2=Nc2ccc(Br)cc2)c(=O)n(-c2ccccc2)n1C. The molecule has 0 saturated heterocycles. The van der Waals surface area contributed by atoms with E-state index in [1.807, 2.05) is 102 Å². The van der Waals surface area contributed by atoms with Gasteiger partial charge in [-0.05, 0) is 61.0 Å². The lowest BCUT2D eigenvalue weighted by atomic mass is 10.1. The van der Waals surface area contributed by atoms with Crippen LogP contribution in [0.25, 0.3) is 22.6 Å². The van der Waals surface area contributed by atoms with Gasteiger partial charge in [0.1, 0.15) is 5.69 Å². The summed E-state index contributed by atoms with van der Waals surface area (Å²) in [6.45, 7) is 1.97. The molecule has 34 heavy (non-hydrogen) atoms. The summed E-state index contributed by atoms with van der Waals surface area (Å²) >= 11 is 8.51. The normalized spacial score (nSPS) is 11.8. The molecule has 0 amide bonds. The molecule has 0 atom stereocenters. The van der Waals surface area contributed by atoms with Gasteiger partial charge in [0.05, 0.1) is 22.8 Å². The predicted octanol–water partition coefficient (Wildman–Crippen LogP) is 6.76. The summed E-state index contributed by atoms with van der Waals surface area (Å²) in [6.07, 6.45) is 0. The van der Waals surface area contributed by atoms with Crippen LogP contribution in [0.2, 0.25) is 0 Å². The van der Waals surface area contributed by atoms with Gasteiger partial charge in [0.25, 0.3) is 5.56 Å². The van der Waals surface area contributed by atoms with Gasteiger partial charge in [-0.3, -0.25) is 14.0 Å². The zero-order valence-electron chi connectivity index (χ0n) is 18.4. The smallest absolute Gasteiger partial charge is 0.283 e. The van der Waals surface area contributed by atoms with Crippen molar-refractivity contribution in [3.63, 3.8) is 0 Å². The quantitative estimate of drug-likeness (QED) is 0.226. The van der Waals surface area contributed by atoms with Gasteiger partial charge in [-0.25, -0.2) is 9.67 Å². The van der Waals surface area contributed by atoms with Crippen LogP contribution in [0, 0.1) is 6.92 Å². The molecule has 0 aliphatic rings. The fourth-order valence-electron chi connectivity index (χ4n) is 3.86. The summed E-state index contributed by atoms with van der Waals surface area (Å²) in [7, 11) is 1.91. The van der Waals surface area contributed by atoms with E-state index >= 15 is 0 Å². The second-order valence-electron chi connectivity index (χ2n) is 7.74. The second kappa shape index (κ2) is 9.37. The molecule has 0 fully saturated rings. The van der Waals surface area contributed by atoms with Crippen LogP contribution in [0.5, 0.6) is 0 Å². The van der Waals surface area contributed by atoms with E-state index in [-0.39, 0.29) is 5.56 Å². The summed E-state index contributed by atoms with van der Waals surface area (Å²) in [4.78, 5) is 19.5. The van der Waals surface area contributed by atoms with Crippen molar-refractivity contribution < 1.29 is 0 Å². The predicted molar refractivity (Wildman–Crippen MR) is 145 cm³/mol. The van der Waals surface area contributed by atoms with E-state index in [2.05, 4.69) is 37.2 Å². The van der Waals surface area contributed by atoms with E-state index in [1.54, 1.807) is 4.68 Å². The van der Waals surface area contributed by atoms with Gasteiger partial charge in [-0.1, -0.05) is 62.2 Å². The van der Waals surface area contributed by atoms with Crippen LogP contribution in [0.1, 0.15) is 5.69 Å². The Labute approximate surface area is 217 Å². The third-order valence-corrected chi connectivity index (χ3v) is 7.53. The van der Waals surface area contributed by atoms with Gasteiger partial charge in [0.2, 0.25) is 0 Å². The number of para-hydroxylation sites is 1. The Bertz CT molecular complexity index is 1590. The molecule has 5 rings (SSSR count). The molecule has 2 heterocycles. The fourth-order valence-corrected chi connectivity index (χ4v) is 5.31. The molecule has 0 unspecified atom stereocenters. The number of hydrogen-bond donors (Lipinski definition) is 0. The molecular weight excluding hydrogens is 576 g/mol. The van der Waals surface area contributed by atoms with E-state index in [4.69, 9.17) is 4.99 Å². The van der Waals surface area contributed by atoms with Gasteiger partial charge < -0.3 is 0 Å². The summed E-state index contributed by atoms with van der Waals surface area (Å²) in [5.41, 5.74) is 4.89. The molecule has 0 spiro atoms. The average Bonchev–Trinajstić information content (AvgIpc) is 3.34. The first kappa shape index (κ1) is 22.8. The molecule has 0 radical (unpaired) electrons. The van der Waals surface area contributed by atoms with Crippen LogP contribution in [0.3, 0.4) is 0 Å². The lowest BCUT2D eigenvalue weighted by Crippen LogP contribution is -2.24. The number of aromatic nitrogens is 3. The van der Waals surface area contributed by atoms with Crippen LogP contribution in [-0.4, -0.2) is 13.9 Å². The molecule has 5 nitrogen and oxygen atoms in total. The molecule has 8 heteroatoms. The van der Waals surface area contributed by atoms with Gasteiger partial charge in [0.15, 0.2) is 4.80 Å². The van der Waals surface area contributed by atoms with Crippen LogP contribution in [0.4, 0.5) is 5.69 Å². The lowest BCUT2D eigenvalue weighted by Gasteiger charge is -2.08. The third kappa shape index (κ3) is 4.17. The lowest BCUT2D eigenvalue weighted by molar-refractivity contribution is 0.630. The van der Waals surface area contributed by atoms with Crippen LogP contribution < -0.4 is 10.4 Å². The first-order valence-corrected chi connectivity index (χ1v) is 13.0. The largest absolute Gasteiger partial charge is 0.296 e. The highest BCUT2D eigenvalue weighted by atomic mass is 79.9. The van der Waals surface area contributed by atoms with Crippen molar-refractivity contribution in [2.75, 3.05) is 0 Å². The van der Waals surface area contributed by atoms with Gasteiger partial charge in [0, 0.05) is 21.4 Å². The van der Waals surface area contributed by atoms with Crippen molar-refractivity contribution >= 4 is 48.9 Å². The second-order valence-corrected chi connectivity index (χ2v) is 10.4. The van der Waals surface area contributed by atoms with E-state index in [0.717, 1.165) is 42.1 Å². The van der Waals surface area contributed by atoms with E-state index in [1.165, 1.54) is 11.3 Å². The maximum atomic E-state index is 13.9. The zero-order chi connectivity index (χ0) is 23.8. The molecule has 0 bridgehead atoms. The number of thiazole rings is 1. The van der Waals surface area contributed by atoms with Gasteiger partial charge in [-0.2, -0.15) is 0 Å². The minimum atomic E-state index is -0.0970. The van der Waals surface area contributed by atoms with E-state index < -0.39 is 0 Å². The Hall–Kier alpha value is -2.94. The molecule has 0 saturated carbocycles. The van der Waals surface area contributed by atoms with Crippen LogP contribution >= 0.6 is 43.2 Å². The highest BCUT2D eigenvalue weighted by Crippen LogP contribution is 2.26. The maximum absolute atomic E-state index is 13.9. The third-order valence-electron chi connectivity index (χ3n) is 5.65. The standard InChI is InChI=1S/C26H20Br2N4OS/c1-17-24(25(33)32(30(17)2)22-6-4-3-5-7-22)31-23(18-8-10-19(27)11-9-18)16-34-26(31)29-21-14-12-20(28)13-15-21/h3-16H,1-2H3. The molecule has 3 aromatic carbocycles. The fraction of sp³-hybridized carbons (Fsp3) is 0.0769. The first-order chi connectivity index (χ1) is 16.4. The van der Waals surface area contributed by atoms with Crippen molar-refractivity contribution in [3.05, 3.63) is 114 Å². The van der Waals surface area contributed by atoms with Crippen molar-refractivity contribution in [1.29, 1.82) is 0 Å². The average molecular weight is 596 g/mol. The van der Waals surface area contributed by atoms with E-state index in [0.29, 0.717) is 5.69 Å². The Balaban J connectivity index is 1.81. The summed E-state index contributed by atoms with van der Waals surface area (Å²) < 4.78 is 7.56. The Morgan fingerprint density at radius 3 is 2.12 bits per heavy atom. The Morgan fingerprint density at radius 1 is 0.853 bits per heavy atom. The molecule has 0 aliphatic heterocycles. The van der Waals surface area contributed by atoms with Crippen molar-refractivity contribution in [2.24, 2.45) is 12.0 Å².